The van der Waals surface area contributed by atoms with Gasteiger partial charge in [0.2, 0.25) is 5.91 Å². The maximum Gasteiger partial charge on any atom is 0.226 e. The number of rotatable bonds is 5. The van der Waals surface area contributed by atoms with Crippen LogP contribution in [-0.4, -0.2) is 35.5 Å². The summed E-state index contributed by atoms with van der Waals surface area (Å²) in [4.78, 5) is 13.5. The van der Waals surface area contributed by atoms with Gasteiger partial charge in [-0.05, 0) is 19.4 Å². The molecule has 1 rings (SSSR count). The van der Waals surface area contributed by atoms with Crippen LogP contribution in [0.4, 0.5) is 0 Å². The first-order valence-electron chi connectivity index (χ1n) is 5.77. The van der Waals surface area contributed by atoms with Gasteiger partial charge in [0.15, 0.2) is 0 Å². The van der Waals surface area contributed by atoms with E-state index < -0.39 is 0 Å². The lowest BCUT2D eigenvalue weighted by Gasteiger charge is -2.18. The van der Waals surface area contributed by atoms with Gasteiger partial charge in [0.25, 0.3) is 0 Å². The van der Waals surface area contributed by atoms with Crippen molar-refractivity contribution in [1.82, 2.24) is 4.90 Å². The first kappa shape index (κ1) is 13.5. The number of nitrogens with zero attached hydrogens (tertiary/aromatic N) is 1. The molecule has 0 heterocycles. The lowest BCUT2D eigenvalue weighted by atomic mass is 10.1. The van der Waals surface area contributed by atoms with Gasteiger partial charge in [-0.3, -0.25) is 4.79 Å². The summed E-state index contributed by atoms with van der Waals surface area (Å²) in [6, 6.07) is 6.99. The fourth-order valence-electron chi connectivity index (χ4n) is 1.48. The maximum atomic E-state index is 11.9. The second-order valence-electron chi connectivity index (χ2n) is 4.39. The fraction of sp³-hybridized carbons (Fsp3) is 0.462. The Morgan fingerprint density at radius 1 is 1.47 bits per heavy atom. The maximum absolute atomic E-state index is 11.9. The molecule has 0 fully saturated rings. The average Bonchev–Trinajstić information content (AvgIpc) is 2.28. The Balaban J connectivity index is 2.52. The smallest absolute Gasteiger partial charge is 0.226 e. The highest BCUT2D eigenvalue weighted by Gasteiger charge is 2.12. The van der Waals surface area contributed by atoms with Crippen LogP contribution in [0.3, 0.4) is 0 Å². The van der Waals surface area contributed by atoms with E-state index in [2.05, 4.69) is 0 Å². The van der Waals surface area contributed by atoms with Crippen molar-refractivity contribution in [1.29, 1.82) is 0 Å². The third-order valence-electron chi connectivity index (χ3n) is 2.68. The Morgan fingerprint density at radius 3 is 2.71 bits per heavy atom. The summed E-state index contributed by atoms with van der Waals surface area (Å²) >= 11 is 0. The Labute approximate surface area is 102 Å². The second-order valence-corrected chi connectivity index (χ2v) is 4.39. The standard InChI is InChI=1S/C13H20N2O2/c1-10(14)7-8-15(2)13(17)9-11-5-3-4-6-12(11)16/h3-6,10,16H,7-9,14H2,1-2H3. The Morgan fingerprint density at radius 2 is 2.12 bits per heavy atom. The summed E-state index contributed by atoms with van der Waals surface area (Å²) in [5.41, 5.74) is 6.30. The van der Waals surface area contributed by atoms with Crippen LogP contribution >= 0.6 is 0 Å². The average molecular weight is 236 g/mol. The van der Waals surface area contributed by atoms with Crippen molar-refractivity contribution < 1.29 is 9.90 Å². The monoisotopic (exact) mass is 236 g/mol. The summed E-state index contributed by atoms with van der Waals surface area (Å²) in [5.74, 6) is 0.161. The van der Waals surface area contributed by atoms with Crippen molar-refractivity contribution in [2.24, 2.45) is 5.73 Å². The van der Waals surface area contributed by atoms with Gasteiger partial charge in [-0.15, -0.1) is 0 Å². The largest absolute Gasteiger partial charge is 0.508 e. The molecule has 1 atom stereocenters. The quantitative estimate of drug-likeness (QED) is 0.805. The van der Waals surface area contributed by atoms with Crippen molar-refractivity contribution in [2.75, 3.05) is 13.6 Å². The molecule has 0 aliphatic heterocycles. The highest BCUT2D eigenvalue weighted by molar-refractivity contribution is 5.79. The summed E-state index contributed by atoms with van der Waals surface area (Å²) in [6.07, 6.45) is 1.01. The minimum absolute atomic E-state index is 0.00727. The third kappa shape index (κ3) is 4.44. The highest BCUT2D eigenvalue weighted by Crippen LogP contribution is 2.16. The normalized spacial score (nSPS) is 12.2. The number of carbonyl (C=O) groups excluding carboxylic acids is 1. The molecule has 1 unspecified atom stereocenters. The molecule has 0 spiro atoms. The zero-order valence-electron chi connectivity index (χ0n) is 10.4. The first-order valence-corrected chi connectivity index (χ1v) is 5.77. The topological polar surface area (TPSA) is 66.6 Å². The van der Waals surface area contributed by atoms with Crippen LogP contribution in [0.2, 0.25) is 0 Å². The van der Waals surface area contributed by atoms with E-state index in [1.165, 1.54) is 0 Å². The predicted molar refractivity (Wildman–Crippen MR) is 67.7 cm³/mol. The van der Waals surface area contributed by atoms with E-state index in [1.54, 1.807) is 30.1 Å². The first-order chi connectivity index (χ1) is 8.00. The van der Waals surface area contributed by atoms with Gasteiger partial charge >= 0.3 is 0 Å². The molecule has 0 aliphatic carbocycles. The molecule has 94 valence electrons. The molecular weight excluding hydrogens is 216 g/mol. The second kappa shape index (κ2) is 6.25. The van der Waals surface area contributed by atoms with Crippen molar-refractivity contribution in [3.8, 4) is 5.75 Å². The van der Waals surface area contributed by atoms with E-state index in [0.717, 1.165) is 6.42 Å². The molecule has 4 heteroatoms. The van der Waals surface area contributed by atoms with E-state index in [9.17, 15) is 9.90 Å². The highest BCUT2D eigenvalue weighted by atomic mass is 16.3. The Bertz CT molecular complexity index is 377. The molecule has 17 heavy (non-hydrogen) atoms. The Kier molecular flexibility index (Phi) is 4.97. The van der Waals surface area contributed by atoms with Crippen LogP contribution in [0, 0.1) is 0 Å². The number of aromatic hydroxyl groups is 1. The molecule has 4 nitrogen and oxygen atoms in total. The van der Waals surface area contributed by atoms with Crippen LogP contribution in [0.1, 0.15) is 18.9 Å². The van der Waals surface area contributed by atoms with Gasteiger partial charge in [-0.1, -0.05) is 18.2 Å². The third-order valence-corrected chi connectivity index (χ3v) is 2.68. The van der Waals surface area contributed by atoms with Crippen molar-refractivity contribution in [3.63, 3.8) is 0 Å². The molecule has 1 amide bonds. The predicted octanol–water partition coefficient (Wildman–Crippen LogP) is 1.13. The van der Waals surface area contributed by atoms with Crippen LogP contribution in [0.5, 0.6) is 5.75 Å². The van der Waals surface area contributed by atoms with Crippen molar-refractivity contribution >= 4 is 5.91 Å². The van der Waals surface area contributed by atoms with Gasteiger partial charge in [-0.25, -0.2) is 0 Å². The summed E-state index contributed by atoms with van der Waals surface area (Å²) in [6.45, 7) is 2.56. The minimum atomic E-state index is -0.00727. The van der Waals surface area contributed by atoms with E-state index in [-0.39, 0.29) is 24.1 Å². The summed E-state index contributed by atoms with van der Waals surface area (Å²) in [7, 11) is 1.75. The zero-order valence-corrected chi connectivity index (χ0v) is 10.4. The molecule has 0 aromatic heterocycles. The van der Waals surface area contributed by atoms with Crippen LogP contribution in [0.15, 0.2) is 24.3 Å². The number of hydrogen-bond donors (Lipinski definition) is 2. The number of likely N-dealkylation sites (N-methyl/N-ethyl adjacent to an activating group) is 1. The molecular formula is C13H20N2O2. The lowest BCUT2D eigenvalue weighted by Crippen LogP contribution is -2.32. The zero-order chi connectivity index (χ0) is 12.8. The Hall–Kier alpha value is -1.55. The molecule has 0 radical (unpaired) electrons. The number of phenolic OH excluding ortho intramolecular Hbond substituents is 1. The number of benzene rings is 1. The summed E-state index contributed by atoms with van der Waals surface area (Å²) < 4.78 is 0. The van der Waals surface area contributed by atoms with Gasteiger partial charge < -0.3 is 15.7 Å². The number of nitrogens with two attached hydrogens (primary N) is 1. The van der Waals surface area contributed by atoms with E-state index in [4.69, 9.17) is 5.73 Å². The minimum Gasteiger partial charge on any atom is -0.508 e. The van der Waals surface area contributed by atoms with Gasteiger partial charge in [0.05, 0.1) is 6.42 Å². The van der Waals surface area contributed by atoms with Crippen LogP contribution in [-0.2, 0) is 11.2 Å². The molecule has 1 aromatic carbocycles. The van der Waals surface area contributed by atoms with Gasteiger partial charge in [-0.2, -0.15) is 0 Å². The van der Waals surface area contributed by atoms with Crippen molar-refractivity contribution in [2.45, 2.75) is 25.8 Å². The van der Waals surface area contributed by atoms with E-state index in [0.29, 0.717) is 12.1 Å². The van der Waals surface area contributed by atoms with Crippen LogP contribution < -0.4 is 5.73 Å². The number of amides is 1. The fourth-order valence-corrected chi connectivity index (χ4v) is 1.48. The molecule has 1 aromatic rings. The number of phenols is 1. The molecule has 0 saturated heterocycles. The van der Waals surface area contributed by atoms with Crippen molar-refractivity contribution in [3.05, 3.63) is 29.8 Å². The number of para-hydroxylation sites is 1. The number of hydrogen-bond acceptors (Lipinski definition) is 3. The molecule has 3 N–H and O–H groups in total. The molecule has 0 bridgehead atoms. The lowest BCUT2D eigenvalue weighted by molar-refractivity contribution is -0.129. The van der Waals surface area contributed by atoms with Gasteiger partial charge in [0, 0.05) is 25.2 Å². The van der Waals surface area contributed by atoms with E-state index >= 15 is 0 Å². The van der Waals surface area contributed by atoms with Crippen LogP contribution in [0.25, 0.3) is 0 Å². The molecule has 0 saturated carbocycles. The van der Waals surface area contributed by atoms with E-state index in [1.807, 2.05) is 13.0 Å². The van der Waals surface area contributed by atoms with Gasteiger partial charge in [0.1, 0.15) is 5.75 Å². The molecule has 0 aliphatic rings. The SMILES string of the molecule is CC(N)CCN(C)C(=O)Cc1ccccc1O. The number of carbonyl (C=O) groups is 1. The summed E-state index contributed by atoms with van der Waals surface area (Å²) in [5, 5.41) is 9.57.